The van der Waals surface area contributed by atoms with Gasteiger partial charge in [0.1, 0.15) is 11.6 Å². The van der Waals surface area contributed by atoms with E-state index in [1.165, 1.54) is 0 Å². The van der Waals surface area contributed by atoms with Crippen LogP contribution in [0.25, 0.3) is 0 Å². The number of amides is 1. The van der Waals surface area contributed by atoms with Crippen LogP contribution < -0.4 is 0 Å². The third-order valence-corrected chi connectivity index (χ3v) is 2.44. The molecule has 1 N–H and O–H groups in total. The molecule has 0 aromatic rings. The summed E-state index contributed by atoms with van der Waals surface area (Å²) in [7, 11) is 0. The van der Waals surface area contributed by atoms with Gasteiger partial charge in [0.25, 0.3) is 0 Å². The van der Waals surface area contributed by atoms with Crippen molar-refractivity contribution in [3.63, 3.8) is 0 Å². The summed E-state index contributed by atoms with van der Waals surface area (Å²) in [6.07, 6.45) is -0.310. The number of carboxylic acids is 1. The lowest BCUT2D eigenvalue weighted by atomic mass is 10.0. The van der Waals surface area contributed by atoms with Gasteiger partial charge in [0.15, 0.2) is 0 Å². The molecule has 1 heterocycles. The van der Waals surface area contributed by atoms with Crippen LogP contribution in [-0.2, 0) is 9.53 Å². The summed E-state index contributed by atoms with van der Waals surface area (Å²) in [5.41, 5.74) is -0.676. The first-order valence-corrected chi connectivity index (χ1v) is 5.38. The molecule has 1 aliphatic heterocycles. The van der Waals surface area contributed by atoms with Crippen LogP contribution in [0.2, 0.25) is 0 Å². The minimum atomic E-state index is -1.17. The van der Waals surface area contributed by atoms with Crippen molar-refractivity contribution in [3.05, 3.63) is 0 Å². The SMILES string of the molecule is CC(C)(C)OC(=O)N1CC[C@@H](C#N)C1C(=O)O. The Hall–Kier alpha value is -1.77. The molecule has 0 aromatic heterocycles. The fourth-order valence-electron chi connectivity index (χ4n) is 1.76. The Labute approximate surface area is 99.8 Å². The average Bonchev–Trinajstić information content (AvgIpc) is 2.57. The quantitative estimate of drug-likeness (QED) is 0.744. The van der Waals surface area contributed by atoms with Gasteiger partial charge in [0.05, 0.1) is 12.0 Å². The lowest BCUT2D eigenvalue weighted by molar-refractivity contribution is -0.142. The monoisotopic (exact) mass is 240 g/mol. The summed E-state index contributed by atoms with van der Waals surface area (Å²) in [5, 5.41) is 17.9. The molecule has 0 aliphatic carbocycles. The van der Waals surface area contributed by atoms with Crippen molar-refractivity contribution in [1.29, 1.82) is 5.26 Å². The zero-order valence-corrected chi connectivity index (χ0v) is 10.1. The predicted octanol–water partition coefficient (Wildman–Crippen LogP) is 1.22. The van der Waals surface area contributed by atoms with Gasteiger partial charge >= 0.3 is 12.1 Å². The van der Waals surface area contributed by atoms with Gasteiger partial charge in [-0.3, -0.25) is 4.90 Å². The van der Waals surface area contributed by atoms with E-state index in [9.17, 15) is 9.59 Å². The molecule has 0 radical (unpaired) electrons. The van der Waals surface area contributed by atoms with Gasteiger partial charge in [-0.2, -0.15) is 5.26 Å². The molecule has 6 heteroatoms. The van der Waals surface area contributed by atoms with Gasteiger partial charge < -0.3 is 9.84 Å². The lowest BCUT2D eigenvalue weighted by Gasteiger charge is -2.27. The Morgan fingerprint density at radius 3 is 2.47 bits per heavy atom. The number of nitriles is 1. The van der Waals surface area contributed by atoms with E-state index in [0.717, 1.165) is 4.90 Å². The summed E-state index contributed by atoms with van der Waals surface area (Å²) >= 11 is 0. The Balaban J connectivity index is 2.81. The van der Waals surface area contributed by atoms with E-state index in [4.69, 9.17) is 15.1 Å². The Morgan fingerprint density at radius 2 is 2.06 bits per heavy atom. The molecule has 94 valence electrons. The molecule has 1 saturated heterocycles. The molecule has 17 heavy (non-hydrogen) atoms. The maximum absolute atomic E-state index is 11.8. The standard InChI is InChI=1S/C11H16N2O4/c1-11(2,3)17-10(16)13-5-4-7(6-12)8(13)9(14)15/h7-8H,4-5H2,1-3H3,(H,14,15)/t7-,8?/m0/s1. The van der Waals surface area contributed by atoms with Crippen LogP contribution >= 0.6 is 0 Å². The molecule has 6 nitrogen and oxygen atoms in total. The van der Waals surface area contributed by atoms with E-state index in [0.29, 0.717) is 6.42 Å². The van der Waals surface area contributed by atoms with Gasteiger partial charge in [-0.1, -0.05) is 0 Å². The summed E-state index contributed by atoms with van der Waals surface area (Å²) in [6.45, 7) is 5.36. The van der Waals surface area contributed by atoms with Crippen molar-refractivity contribution in [1.82, 2.24) is 4.90 Å². The van der Waals surface area contributed by atoms with Gasteiger partial charge in [0, 0.05) is 6.54 Å². The van der Waals surface area contributed by atoms with E-state index in [1.54, 1.807) is 20.8 Å². The highest BCUT2D eigenvalue weighted by molar-refractivity contribution is 5.81. The van der Waals surface area contributed by atoms with Gasteiger partial charge in [-0.25, -0.2) is 9.59 Å². The van der Waals surface area contributed by atoms with Crippen molar-refractivity contribution < 1.29 is 19.4 Å². The highest BCUT2D eigenvalue weighted by Gasteiger charge is 2.43. The second-order valence-electron chi connectivity index (χ2n) is 4.98. The average molecular weight is 240 g/mol. The molecule has 1 unspecified atom stereocenters. The van der Waals surface area contributed by atoms with Crippen molar-refractivity contribution in [2.75, 3.05) is 6.54 Å². The highest BCUT2D eigenvalue weighted by atomic mass is 16.6. The van der Waals surface area contributed by atoms with E-state index in [1.807, 2.05) is 6.07 Å². The van der Waals surface area contributed by atoms with Gasteiger partial charge in [-0.15, -0.1) is 0 Å². The van der Waals surface area contributed by atoms with Crippen LogP contribution in [0.1, 0.15) is 27.2 Å². The first-order valence-electron chi connectivity index (χ1n) is 5.38. The largest absolute Gasteiger partial charge is 0.480 e. The number of hydrogen-bond donors (Lipinski definition) is 1. The molecule has 0 saturated carbocycles. The third-order valence-electron chi connectivity index (χ3n) is 2.44. The Morgan fingerprint density at radius 1 is 1.47 bits per heavy atom. The van der Waals surface area contributed by atoms with Crippen molar-refractivity contribution >= 4 is 12.1 Å². The minimum Gasteiger partial charge on any atom is -0.480 e. The Bertz CT molecular complexity index is 367. The summed E-state index contributed by atoms with van der Waals surface area (Å²) < 4.78 is 5.11. The van der Waals surface area contributed by atoms with Crippen molar-refractivity contribution in [2.24, 2.45) is 5.92 Å². The third kappa shape index (κ3) is 3.09. The predicted molar refractivity (Wildman–Crippen MR) is 58.1 cm³/mol. The normalized spacial score (nSPS) is 24.2. The number of rotatable bonds is 1. The topological polar surface area (TPSA) is 90.6 Å². The van der Waals surface area contributed by atoms with E-state index < -0.39 is 29.6 Å². The number of aliphatic carboxylic acids is 1. The number of carbonyl (C=O) groups is 2. The lowest BCUT2D eigenvalue weighted by Crippen LogP contribution is -2.45. The van der Waals surface area contributed by atoms with E-state index >= 15 is 0 Å². The maximum Gasteiger partial charge on any atom is 0.411 e. The second-order valence-corrected chi connectivity index (χ2v) is 4.98. The van der Waals surface area contributed by atoms with Crippen LogP contribution in [0.3, 0.4) is 0 Å². The van der Waals surface area contributed by atoms with Crippen LogP contribution in [0, 0.1) is 17.2 Å². The summed E-state index contributed by atoms with van der Waals surface area (Å²) in [5.74, 6) is -1.83. The molecule has 1 aliphatic rings. The first kappa shape index (κ1) is 13.3. The maximum atomic E-state index is 11.8. The van der Waals surface area contributed by atoms with E-state index in [2.05, 4.69) is 0 Å². The molecule has 0 aromatic carbocycles. The first-order chi connectivity index (χ1) is 7.76. The fraction of sp³-hybridized carbons (Fsp3) is 0.727. The number of ether oxygens (including phenoxy) is 1. The zero-order chi connectivity index (χ0) is 13.2. The number of hydrogen-bond acceptors (Lipinski definition) is 4. The summed E-state index contributed by atoms with van der Waals surface area (Å²) in [6, 6.07) is 0.811. The minimum absolute atomic E-state index is 0.240. The molecule has 2 atom stereocenters. The highest BCUT2D eigenvalue weighted by Crippen LogP contribution is 2.26. The number of carbonyl (C=O) groups excluding carboxylic acids is 1. The summed E-state index contributed by atoms with van der Waals surface area (Å²) in [4.78, 5) is 23.9. The van der Waals surface area contributed by atoms with Crippen molar-refractivity contribution in [2.45, 2.75) is 38.8 Å². The number of nitrogens with zero attached hydrogens (tertiary/aromatic N) is 2. The molecule has 0 bridgehead atoms. The molecule has 0 spiro atoms. The zero-order valence-electron chi connectivity index (χ0n) is 10.1. The van der Waals surface area contributed by atoms with Gasteiger partial charge in [0.2, 0.25) is 0 Å². The van der Waals surface area contributed by atoms with Crippen LogP contribution in [0.15, 0.2) is 0 Å². The van der Waals surface area contributed by atoms with E-state index in [-0.39, 0.29) is 6.54 Å². The van der Waals surface area contributed by atoms with Crippen LogP contribution in [-0.4, -0.2) is 40.3 Å². The van der Waals surface area contributed by atoms with Crippen molar-refractivity contribution in [3.8, 4) is 6.07 Å². The fourth-order valence-corrected chi connectivity index (χ4v) is 1.76. The Kier molecular flexibility index (Phi) is 3.61. The molecular weight excluding hydrogens is 224 g/mol. The number of carboxylic acid groups (broad SMARTS) is 1. The molecule has 1 rings (SSSR count). The molecule has 1 amide bonds. The second kappa shape index (κ2) is 4.62. The molecular formula is C11H16N2O4. The smallest absolute Gasteiger partial charge is 0.411 e. The van der Waals surface area contributed by atoms with Crippen LogP contribution in [0.5, 0.6) is 0 Å². The van der Waals surface area contributed by atoms with Crippen LogP contribution in [0.4, 0.5) is 4.79 Å². The molecule has 1 fully saturated rings. The van der Waals surface area contributed by atoms with Gasteiger partial charge in [-0.05, 0) is 27.2 Å². The number of likely N-dealkylation sites (tertiary alicyclic amines) is 1.